The van der Waals surface area contributed by atoms with Crippen molar-refractivity contribution in [2.45, 2.75) is 77.0 Å². The van der Waals surface area contributed by atoms with Crippen LogP contribution < -0.4 is 27.4 Å². The highest BCUT2D eigenvalue weighted by Gasteiger charge is 2.30. The van der Waals surface area contributed by atoms with Gasteiger partial charge < -0.3 is 37.5 Å². The summed E-state index contributed by atoms with van der Waals surface area (Å²) in [7, 11) is 0. The molecule has 11 heteroatoms. The van der Waals surface area contributed by atoms with Gasteiger partial charge in [-0.2, -0.15) is 0 Å². The number of nitrogens with two attached hydrogens (primary N) is 2. The van der Waals surface area contributed by atoms with E-state index in [2.05, 4.69) is 20.9 Å². The monoisotopic (exact) mass is 516 g/mol. The smallest absolute Gasteiger partial charge is 0.326 e. The first-order chi connectivity index (χ1) is 17.6. The maximum Gasteiger partial charge on any atom is 0.326 e. The lowest BCUT2D eigenvalue weighted by molar-refractivity contribution is -0.142. The van der Waals surface area contributed by atoms with Gasteiger partial charge in [-0.25, -0.2) is 4.79 Å². The molecule has 9 N–H and O–H groups in total. The second-order valence-electron chi connectivity index (χ2n) is 9.45. The van der Waals surface area contributed by atoms with Crippen LogP contribution in [0.15, 0.2) is 30.5 Å². The fourth-order valence-electron chi connectivity index (χ4n) is 3.94. The third-order valence-electron chi connectivity index (χ3n) is 6.61. The zero-order chi connectivity index (χ0) is 27.5. The minimum Gasteiger partial charge on any atom is -0.480 e. The van der Waals surface area contributed by atoms with E-state index in [9.17, 15) is 24.3 Å². The normalized spacial score (nSPS) is 15.3. The highest BCUT2D eigenvalue weighted by molar-refractivity contribution is 5.94. The fourth-order valence-corrected chi connectivity index (χ4v) is 3.94. The van der Waals surface area contributed by atoms with Gasteiger partial charge in [0.1, 0.15) is 18.1 Å². The number of hydrogen-bond acceptors (Lipinski definition) is 6. The number of carboxylic acid groups (broad SMARTS) is 1. The molecule has 1 aromatic carbocycles. The lowest BCUT2D eigenvalue weighted by atomic mass is 9.99. The van der Waals surface area contributed by atoms with Crippen LogP contribution in [0.25, 0.3) is 10.9 Å². The molecule has 1 heterocycles. The molecule has 1 aromatic heterocycles. The Kier molecular flexibility index (Phi) is 11.5. The number of carbonyl (C=O) groups excluding carboxylic acids is 3. The van der Waals surface area contributed by atoms with Gasteiger partial charge in [0.15, 0.2) is 0 Å². The van der Waals surface area contributed by atoms with Crippen LogP contribution in [0.5, 0.6) is 0 Å². The van der Waals surface area contributed by atoms with Crippen LogP contribution in [0, 0.1) is 5.92 Å². The van der Waals surface area contributed by atoms with Gasteiger partial charge in [-0.1, -0.05) is 38.5 Å². The summed E-state index contributed by atoms with van der Waals surface area (Å²) >= 11 is 0. The lowest BCUT2D eigenvalue weighted by Gasteiger charge is -2.24. The number of aromatic nitrogens is 1. The Morgan fingerprint density at radius 2 is 1.65 bits per heavy atom. The highest BCUT2D eigenvalue weighted by atomic mass is 16.4. The first kappa shape index (κ1) is 29.8. The molecule has 0 saturated carbocycles. The van der Waals surface area contributed by atoms with Gasteiger partial charge >= 0.3 is 5.97 Å². The third-order valence-corrected chi connectivity index (χ3v) is 6.61. The number of carboxylic acids is 1. The number of aliphatic carboxylic acids is 1. The van der Waals surface area contributed by atoms with Gasteiger partial charge in [-0.3, -0.25) is 14.4 Å². The first-order valence-corrected chi connectivity index (χ1v) is 12.7. The van der Waals surface area contributed by atoms with Gasteiger partial charge in [-0.05, 0) is 50.3 Å². The predicted molar refractivity (Wildman–Crippen MR) is 141 cm³/mol. The van der Waals surface area contributed by atoms with Crippen LogP contribution in [-0.2, 0) is 25.6 Å². The summed E-state index contributed by atoms with van der Waals surface area (Å²) in [4.78, 5) is 53.6. The van der Waals surface area contributed by atoms with E-state index in [1.54, 1.807) is 6.20 Å². The van der Waals surface area contributed by atoms with Crippen molar-refractivity contribution >= 4 is 34.6 Å². The Morgan fingerprint density at radius 1 is 0.973 bits per heavy atom. The zero-order valence-corrected chi connectivity index (χ0v) is 21.8. The molecule has 204 valence electrons. The van der Waals surface area contributed by atoms with Crippen molar-refractivity contribution in [2.24, 2.45) is 17.4 Å². The van der Waals surface area contributed by atoms with Crippen molar-refractivity contribution in [3.05, 3.63) is 36.0 Å². The molecule has 37 heavy (non-hydrogen) atoms. The summed E-state index contributed by atoms with van der Waals surface area (Å²) in [6, 6.07) is 3.60. The number of hydrogen-bond donors (Lipinski definition) is 7. The zero-order valence-electron chi connectivity index (χ0n) is 21.8. The summed E-state index contributed by atoms with van der Waals surface area (Å²) in [5.74, 6) is -2.90. The van der Waals surface area contributed by atoms with E-state index in [-0.39, 0.29) is 18.8 Å². The van der Waals surface area contributed by atoms with Gasteiger partial charge in [0.05, 0.1) is 6.04 Å². The van der Waals surface area contributed by atoms with E-state index in [1.165, 1.54) is 6.92 Å². The van der Waals surface area contributed by atoms with E-state index in [4.69, 9.17) is 11.5 Å². The van der Waals surface area contributed by atoms with Gasteiger partial charge in [0, 0.05) is 23.5 Å². The van der Waals surface area contributed by atoms with Crippen molar-refractivity contribution < 1.29 is 24.3 Å². The van der Waals surface area contributed by atoms with E-state index in [0.717, 1.165) is 16.5 Å². The maximum absolute atomic E-state index is 13.2. The van der Waals surface area contributed by atoms with Crippen molar-refractivity contribution in [3.8, 4) is 0 Å². The molecule has 11 nitrogen and oxygen atoms in total. The topological polar surface area (TPSA) is 192 Å². The Bertz CT molecular complexity index is 1070. The number of aromatic amines is 1. The Morgan fingerprint density at radius 3 is 2.30 bits per heavy atom. The summed E-state index contributed by atoms with van der Waals surface area (Å²) in [6.07, 6.45) is 3.95. The van der Waals surface area contributed by atoms with Gasteiger partial charge in [-0.15, -0.1) is 0 Å². The fraction of sp³-hybridized carbons (Fsp3) is 0.538. The highest BCUT2D eigenvalue weighted by Crippen LogP contribution is 2.19. The van der Waals surface area contributed by atoms with Gasteiger partial charge in [0.2, 0.25) is 17.7 Å². The molecule has 0 aliphatic rings. The standard InChI is InChI=1S/C26H40N6O5/c1-4-15(2)22(28)25(35)30-16(3)23(33)32-21(13-17-14-29-19-10-6-5-9-18(17)19)24(34)31-20(26(36)37)11-7-8-12-27/h5-6,9-10,14-16,20-22,29H,4,7-8,11-13,27-28H2,1-3H3,(H,30,35)(H,31,34)(H,32,33)(H,36,37). The van der Waals surface area contributed by atoms with Gasteiger partial charge in [0.25, 0.3) is 0 Å². The number of fused-ring (bicyclic) bond motifs is 1. The average molecular weight is 517 g/mol. The quantitative estimate of drug-likeness (QED) is 0.170. The molecular formula is C26H40N6O5. The van der Waals surface area contributed by atoms with Crippen LogP contribution in [0.4, 0.5) is 0 Å². The molecule has 0 aliphatic carbocycles. The molecular weight excluding hydrogens is 476 g/mol. The minimum absolute atomic E-state index is 0.0668. The third kappa shape index (κ3) is 8.57. The largest absolute Gasteiger partial charge is 0.480 e. The van der Waals surface area contributed by atoms with Crippen LogP contribution >= 0.6 is 0 Å². The number of unbranched alkanes of at least 4 members (excludes halogenated alkanes) is 1. The molecule has 0 bridgehead atoms. The van der Waals surface area contributed by atoms with Crippen molar-refractivity contribution in [3.63, 3.8) is 0 Å². The number of amides is 3. The van der Waals surface area contributed by atoms with E-state index in [0.29, 0.717) is 25.8 Å². The first-order valence-electron chi connectivity index (χ1n) is 12.7. The number of para-hydroxylation sites is 1. The maximum atomic E-state index is 13.2. The molecule has 0 radical (unpaired) electrons. The summed E-state index contributed by atoms with van der Waals surface area (Å²) < 4.78 is 0. The number of H-pyrrole nitrogens is 1. The Hall–Kier alpha value is -3.44. The van der Waals surface area contributed by atoms with Crippen molar-refractivity contribution in [2.75, 3.05) is 6.54 Å². The molecule has 0 saturated heterocycles. The lowest BCUT2D eigenvalue weighted by Crippen LogP contribution is -2.57. The second kappa shape index (κ2) is 14.3. The van der Waals surface area contributed by atoms with Crippen LogP contribution in [-0.4, -0.2) is 64.5 Å². The number of carbonyl (C=O) groups is 4. The number of rotatable bonds is 15. The summed E-state index contributed by atoms with van der Waals surface area (Å²) in [5, 5.41) is 18.3. The molecule has 5 atom stereocenters. The number of nitrogens with one attached hydrogen (secondary N) is 4. The summed E-state index contributed by atoms with van der Waals surface area (Å²) in [6.45, 7) is 5.69. The van der Waals surface area contributed by atoms with E-state index in [1.807, 2.05) is 38.1 Å². The van der Waals surface area contributed by atoms with Crippen molar-refractivity contribution in [1.29, 1.82) is 0 Å². The van der Waals surface area contributed by atoms with E-state index >= 15 is 0 Å². The number of benzene rings is 1. The molecule has 5 unspecified atom stereocenters. The molecule has 0 spiro atoms. The average Bonchev–Trinajstić information content (AvgIpc) is 3.29. The van der Waals surface area contributed by atoms with Crippen molar-refractivity contribution in [1.82, 2.24) is 20.9 Å². The molecule has 0 fully saturated rings. The summed E-state index contributed by atoms with van der Waals surface area (Å²) in [5.41, 5.74) is 13.1. The molecule has 3 amide bonds. The van der Waals surface area contributed by atoms with Crippen LogP contribution in [0.3, 0.4) is 0 Å². The minimum atomic E-state index is -1.16. The Labute approximate surface area is 217 Å². The van der Waals surface area contributed by atoms with Crippen LogP contribution in [0.1, 0.15) is 52.0 Å². The molecule has 0 aliphatic heterocycles. The Balaban J connectivity index is 2.20. The van der Waals surface area contributed by atoms with E-state index < -0.39 is 47.9 Å². The second-order valence-corrected chi connectivity index (χ2v) is 9.45. The SMILES string of the molecule is CCC(C)C(N)C(=O)NC(C)C(=O)NC(Cc1c[nH]c2ccccc12)C(=O)NC(CCCCN)C(=O)O. The van der Waals surface area contributed by atoms with Crippen LogP contribution in [0.2, 0.25) is 0 Å². The molecule has 2 rings (SSSR count). The molecule has 2 aromatic rings. The predicted octanol–water partition coefficient (Wildman–Crippen LogP) is 0.772.